The zero-order valence-electron chi connectivity index (χ0n) is 18.3. The second-order valence-corrected chi connectivity index (χ2v) is 8.08. The average molecular weight is 457 g/mol. The predicted molar refractivity (Wildman–Crippen MR) is 118 cm³/mol. The van der Waals surface area contributed by atoms with Crippen LogP contribution in [0.2, 0.25) is 0 Å². The minimum atomic E-state index is -0.653. The Morgan fingerprint density at radius 3 is 2.56 bits per heavy atom. The molecule has 0 aliphatic heterocycles. The molecule has 0 atom stereocenters. The standard InChI is InChI=1S/C23H24N2O6S/c1-5-29-23(28)20-13(2)21(24-14(20)3)19(26)11-31-22(27)16-7-6-8-18(9-16)30-10-17-12-32-15(4)25-17/h6-9,12,24H,5,10-11H2,1-4H3. The molecule has 1 N–H and O–H groups in total. The normalized spacial score (nSPS) is 10.6. The van der Waals surface area contributed by atoms with Crippen LogP contribution in [-0.4, -0.2) is 40.9 Å². The van der Waals surface area contributed by atoms with Crippen molar-refractivity contribution in [1.82, 2.24) is 9.97 Å². The lowest BCUT2D eigenvalue weighted by molar-refractivity contribution is 0.0472. The number of aromatic nitrogens is 2. The number of nitrogens with zero attached hydrogens (tertiary/aromatic N) is 1. The second kappa shape index (κ2) is 10.2. The Morgan fingerprint density at radius 1 is 1.09 bits per heavy atom. The van der Waals surface area contributed by atoms with E-state index in [9.17, 15) is 14.4 Å². The Labute approximate surface area is 189 Å². The van der Waals surface area contributed by atoms with Gasteiger partial charge in [-0.1, -0.05) is 6.07 Å². The van der Waals surface area contributed by atoms with E-state index in [0.717, 1.165) is 10.7 Å². The summed E-state index contributed by atoms with van der Waals surface area (Å²) in [5.41, 5.74) is 2.60. The van der Waals surface area contributed by atoms with E-state index in [1.165, 1.54) is 11.3 Å². The van der Waals surface area contributed by atoms with Crippen molar-refractivity contribution in [3.63, 3.8) is 0 Å². The summed E-state index contributed by atoms with van der Waals surface area (Å²) in [6.07, 6.45) is 0. The summed E-state index contributed by atoms with van der Waals surface area (Å²) in [6, 6.07) is 6.53. The summed E-state index contributed by atoms with van der Waals surface area (Å²) in [4.78, 5) is 44.3. The Bertz CT molecular complexity index is 1150. The molecular formula is C23H24N2O6S. The zero-order chi connectivity index (χ0) is 23.3. The average Bonchev–Trinajstić information content (AvgIpc) is 3.32. The van der Waals surface area contributed by atoms with Gasteiger partial charge in [-0.05, 0) is 51.5 Å². The number of aromatic amines is 1. The van der Waals surface area contributed by atoms with Gasteiger partial charge >= 0.3 is 11.9 Å². The number of aryl methyl sites for hydroxylation is 2. The molecule has 0 saturated heterocycles. The molecule has 0 aliphatic rings. The van der Waals surface area contributed by atoms with Gasteiger partial charge in [0.25, 0.3) is 0 Å². The summed E-state index contributed by atoms with van der Waals surface area (Å²) in [7, 11) is 0. The van der Waals surface area contributed by atoms with Crippen molar-refractivity contribution in [1.29, 1.82) is 0 Å². The number of nitrogens with one attached hydrogen (secondary N) is 1. The van der Waals surface area contributed by atoms with Crippen molar-refractivity contribution in [2.75, 3.05) is 13.2 Å². The number of Topliss-reactive ketones (excluding diaryl/α,β-unsaturated/α-hetero) is 1. The number of rotatable bonds is 9. The lowest BCUT2D eigenvalue weighted by Gasteiger charge is -2.07. The Balaban J connectivity index is 1.61. The first-order chi connectivity index (χ1) is 15.3. The summed E-state index contributed by atoms with van der Waals surface area (Å²) in [5.74, 6) is -1.11. The predicted octanol–water partition coefficient (Wildman–Crippen LogP) is 4.19. The van der Waals surface area contributed by atoms with Crippen molar-refractivity contribution >= 4 is 29.1 Å². The topological polar surface area (TPSA) is 108 Å². The third kappa shape index (κ3) is 5.42. The van der Waals surface area contributed by atoms with Crippen LogP contribution >= 0.6 is 11.3 Å². The number of hydrogen-bond donors (Lipinski definition) is 1. The minimum Gasteiger partial charge on any atom is -0.487 e. The molecule has 0 fully saturated rings. The van der Waals surface area contributed by atoms with E-state index >= 15 is 0 Å². The summed E-state index contributed by atoms with van der Waals surface area (Å²) < 4.78 is 15.9. The molecule has 0 unspecified atom stereocenters. The van der Waals surface area contributed by atoms with Crippen LogP contribution in [0.1, 0.15) is 60.1 Å². The SMILES string of the molecule is CCOC(=O)c1c(C)[nH]c(C(=O)COC(=O)c2cccc(OCc3csc(C)n3)c2)c1C. The third-order valence-electron chi connectivity index (χ3n) is 4.65. The first-order valence-corrected chi connectivity index (χ1v) is 10.9. The van der Waals surface area contributed by atoms with Gasteiger partial charge in [0, 0.05) is 11.1 Å². The number of ether oxygens (including phenoxy) is 3. The van der Waals surface area contributed by atoms with Crippen molar-refractivity contribution in [2.45, 2.75) is 34.3 Å². The van der Waals surface area contributed by atoms with Gasteiger partial charge < -0.3 is 19.2 Å². The van der Waals surface area contributed by atoms with Crippen LogP contribution in [0, 0.1) is 20.8 Å². The Kier molecular flexibility index (Phi) is 7.42. The van der Waals surface area contributed by atoms with Crippen LogP contribution in [0.15, 0.2) is 29.6 Å². The molecular weight excluding hydrogens is 432 g/mol. The number of thiazole rings is 1. The van der Waals surface area contributed by atoms with Crippen LogP contribution in [0.5, 0.6) is 5.75 Å². The van der Waals surface area contributed by atoms with Crippen LogP contribution in [0.4, 0.5) is 0 Å². The van der Waals surface area contributed by atoms with Crippen LogP contribution < -0.4 is 4.74 Å². The van der Waals surface area contributed by atoms with Gasteiger partial charge in [0.1, 0.15) is 12.4 Å². The molecule has 0 amide bonds. The highest BCUT2D eigenvalue weighted by molar-refractivity contribution is 7.09. The molecule has 2 heterocycles. The van der Waals surface area contributed by atoms with Gasteiger partial charge in [-0.3, -0.25) is 4.79 Å². The number of ketones is 1. The highest BCUT2D eigenvalue weighted by Gasteiger charge is 2.23. The maximum atomic E-state index is 12.6. The van der Waals surface area contributed by atoms with E-state index in [-0.39, 0.29) is 24.5 Å². The summed E-state index contributed by atoms with van der Waals surface area (Å²) in [6.45, 7) is 7.01. The van der Waals surface area contributed by atoms with Crippen LogP contribution in [0.25, 0.3) is 0 Å². The summed E-state index contributed by atoms with van der Waals surface area (Å²) >= 11 is 1.54. The van der Waals surface area contributed by atoms with E-state index < -0.39 is 24.3 Å². The van der Waals surface area contributed by atoms with E-state index in [1.807, 2.05) is 12.3 Å². The fraction of sp³-hybridized carbons (Fsp3) is 0.304. The number of benzene rings is 1. The molecule has 8 nitrogen and oxygen atoms in total. The largest absolute Gasteiger partial charge is 0.487 e. The van der Waals surface area contributed by atoms with Crippen molar-refractivity contribution in [3.8, 4) is 5.75 Å². The van der Waals surface area contributed by atoms with Gasteiger partial charge in [-0.25, -0.2) is 14.6 Å². The molecule has 0 saturated carbocycles. The number of esters is 2. The molecule has 32 heavy (non-hydrogen) atoms. The number of carbonyl (C=O) groups is 3. The molecule has 0 bridgehead atoms. The lowest BCUT2D eigenvalue weighted by Crippen LogP contribution is -2.16. The van der Waals surface area contributed by atoms with E-state index in [1.54, 1.807) is 45.0 Å². The highest BCUT2D eigenvalue weighted by atomic mass is 32.1. The molecule has 1 aromatic carbocycles. The molecule has 0 spiro atoms. The smallest absolute Gasteiger partial charge is 0.340 e. The molecule has 0 radical (unpaired) electrons. The van der Waals surface area contributed by atoms with Crippen molar-refractivity contribution in [3.05, 3.63) is 68.4 Å². The molecule has 2 aromatic heterocycles. The van der Waals surface area contributed by atoms with Gasteiger partial charge in [0.05, 0.1) is 34.1 Å². The first kappa shape index (κ1) is 23.2. The van der Waals surface area contributed by atoms with E-state index in [4.69, 9.17) is 14.2 Å². The van der Waals surface area contributed by atoms with Crippen LogP contribution in [-0.2, 0) is 16.1 Å². The molecule has 9 heteroatoms. The van der Waals surface area contributed by atoms with Crippen molar-refractivity contribution in [2.24, 2.45) is 0 Å². The van der Waals surface area contributed by atoms with Gasteiger partial charge in [0.2, 0.25) is 5.78 Å². The highest BCUT2D eigenvalue weighted by Crippen LogP contribution is 2.20. The molecule has 0 aliphatic carbocycles. The second-order valence-electron chi connectivity index (χ2n) is 7.02. The zero-order valence-corrected chi connectivity index (χ0v) is 19.1. The molecule has 3 rings (SSSR count). The number of hydrogen-bond acceptors (Lipinski definition) is 8. The van der Waals surface area contributed by atoms with Gasteiger partial charge in [-0.2, -0.15) is 0 Å². The van der Waals surface area contributed by atoms with Crippen LogP contribution in [0.3, 0.4) is 0 Å². The number of H-pyrrole nitrogens is 1. The van der Waals surface area contributed by atoms with Gasteiger partial charge in [-0.15, -0.1) is 11.3 Å². The fourth-order valence-electron chi connectivity index (χ4n) is 3.17. The monoisotopic (exact) mass is 456 g/mol. The van der Waals surface area contributed by atoms with Crippen molar-refractivity contribution < 1.29 is 28.6 Å². The molecule has 168 valence electrons. The third-order valence-corrected chi connectivity index (χ3v) is 5.48. The summed E-state index contributed by atoms with van der Waals surface area (Å²) in [5, 5.41) is 2.86. The maximum absolute atomic E-state index is 12.6. The Hall–Kier alpha value is -3.46. The molecule has 3 aromatic rings. The number of carbonyl (C=O) groups excluding carboxylic acids is 3. The first-order valence-electron chi connectivity index (χ1n) is 10.0. The van der Waals surface area contributed by atoms with Gasteiger partial charge in [0.15, 0.2) is 6.61 Å². The van der Waals surface area contributed by atoms with E-state index in [0.29, 0.717) is 22.6 Å². The maximum Gasteiger partial charge on any atom is 0.340 e. The Morgan fingerprint density at radius 2 is 1.88 bits per heavy atom. The fourth-order valence-corrected chi connectivity index (χ4v) is 3.77. The minimum absolute atomic E-state index is 0.217. The quantitative estimate of drug-likeness (QED) is 0.380. The van der Waals surface area contributed by atoms with E-state index in [2.05, 4.69) is 9.97 Å². The lowest BCUT2D eigenvalue weighted by atomic mass is 10.1.